The number of hydrogen-bond acceptors (Lipinski definition) is 5. The first-order valence-corrected chi connectivity index (χ1v) is 9.65. The molecule has 0 spiro atoms. The summed E-state index contributed by atoms with van der Waals surface area (Å²) in [6, 6.07) is 7.22. The first-order chi connectivity index (χ1) is 11.4. The van der Waals surface area contributed by atoms with E-state index in [2.05, 4.69) is 30.8 Å². The summed E-state index contributed by atoms with van der Waals surface area (Å²) >= 11 is 3.32. The zero-order chi connectivity index (χ0) is 17.7. The molecule has 2 rings (SSSR count). The molecule has 0 saturated carbocycles. The first kappa shape index (κ1) is 18.6. The number of ether oxygens (including phenoxy) is 1. The Kier molecular flexibility index (Phi) is 6.14. The Morgan fingerprint density at radius 3 is 2.54 bits per heavy atom. The highest BCUT2D eigenvalue weighted by atomic mass is 79.9. The van der Waals surface area contributed by atoms with Crippen LogP contribution in [0.2, 0.25) is 0 Å². The number of benzene rings is 1. The summed E-state index contributed by atoms with van der Waals surface area (Å²) in [6.45, 7) is 3.69. The first-order valence-electron chi connectivity index (χ1n) is 7.37. The van der Waals surface area contributed by atoms with Gasteiger partial charge < -0.3 is 4.74 Å². The van der Waals surface area contributed by atoms with Crippen molar-refractivity contribution in [1.29, 1.82) is 0 Å². The zero-order valence-electron chi connectivity index (χ0n) is 13.3. The molecular formula is C15H18BrN3O4S. The molecule has 24 heavy (non-hydrogen) atoms. The van der Waals surface area contributed by atoms with Gasteiger partial charge >= 0.3 is 5.97 Å². The highest BCUT2D eigenvalue weighted by Crippen LogP contribution is 2.19. The lowest BCUT2D eigenvalue weighted by molar-refractivity contribution is 0.0520. The summed E-state index contributed by atoms with van der Waals surface area (Å²) in [5.41, 5.74) is 1.17. The zero-order valence-corrected chi connectivity index (χ0v) is 15.7. The van der Waals surface area contributed by atoms with Crippen molar-refractivity contribution in [3.63, 3.8) is 0 Å². The van der Waals surface area contributed by atoms with Crippen molar-refractivity contribution in [3.8, 4) is 0 Å². The van der Waals surface area contributed by atoms with Gasteiger partial charge in [-0.25, -0.2) is 17.9 Å². The molecule has 130 valence electrons. The lowest BCUT2D eigenvalue weighted by Crippen LogP contribution is -2.25. The smallest absolute Gasteiger partial charge is 0.343 e. The van der Waals surface area contributed by atoms with Crippen LogP contribution in [0.25, 0.3) is 0 Å². The predicted octanol–water partition coefficient (Wildman–Crippen LogP) is 2.39. The number of hydrogen-bond donors (Lipinski definition) is 2. The molecule has 0 atom stereocenters. The van der Waals surface area contributed by atoms with Gasteiger partial charge in [0.2, 0.25) is 5.03 Å². The van der Waals surface area contributed by atoms with Gasteiger partial charge in [0.15, 0.2) is 0 Å². The topological polar surface area (TPSA) is 101 Å². The number of aromatic nitrogens is 2. The molecule has 0 unspecified atom stereocenters. The number of nitrogens with zero attached hydrogens (tertiary/aromatic N) is 1. The maximum atomic E-state index is 12.5. The van der Waals surface area contributed by atoms with E-state index in [1.54, 1.807) is 26.0 Å². The summed E-state index contributed by atoms with van der Waals surface area (Å²) in [5, 5.41) is 6.07. The number of aryl methyl sites for hydroxylation is 1. The lowest BCUT2D eigenvalue weighted by atomic mass is 10.2. The summed E-state index contributed by atoms with van der Waals surface area (Å²) in [5.74, 6) is -0.702. The summed E-state index contributed by atoms with van der Waals surface area (Å²) in [7, 11) is -3.96. The van der Waals surface area contributed by atoms with Crippen LogP contribution in [0.15, 0.2) is 33.8 Å². The SMILES string of the molecule is CCOC(=O)c1c(S(=O)(=O)NCc2ccc(Br)cc2)n[nH]c1CC. The maximum absolute atomic E-state index is 12.5. The third-order valence-electron chi connectivity index (χ3n) is 3.28. The quantitative estimate of drug-likeness (QED) is 0.675. The molecule has 7 nitrogen and oxygen atoms in total. The fraction of sp³-hybridized carbons (Fsp3) is 0.333. The highest BCUT2D eigenvalue weighted by molar-refractivity contribution is 9.10. The second kappa shape index (κ2) is 7.91. The van der Waals surface area contributed by atoms with E-state index in [1.165, 1.54) is 0 Å². The predicted molar refractivity (Wildman–Crippen MR) is 92.1 cm³/mol. The van der Waals surface area contributed by atoms with Crippen molar-refractivity contribution in [2.24, 2.45) is 0 Å². The van der Waals surface area contributed by atoms with E-state index in [4.69, 9.17) is 4.74 Å². The summed E-state index contributed by atoms with van der Waals surface area (Å²) in [4.78, 5) is 12.1. The van der Waals surface area contributed by atoms with Crippen molar-refractivity contribution >= 4 is 31.9 Å². The van der Waals surface area contributed by atoms with Crippen LogP contribution in [0.1, 0.15) is 35.5 Å². The number of esters is 1. The van der Waals surface area contributed by atoms with E-state index in [1.807, 2.05) is 12.1 Å². The van der Waals surface area contributed by atoms with E-state index < -0.39 is 16.0 Å². The van der Waals surface area contributed by atoms with Crippen LogP contribution >= 0.6 is 15.9 Å². The van der Waals surface area contributed by atoms with E-state index in [9.17, 15) is 13.2 Å². The average Bonchev–Trinajstić information content (AvgIpc) is 2.99. The number of carbonyl (C=O) groups excluding carboxylic acids is 1. The normalized spacial score (nSPS) is 11.5. The highest BCUT2D eigenvalue weighted by Gasteiger charge is 2.29. The van der Waals surface area contributed by atoms with Gasteiger partial charge in [0.25, 0.3) is 10.0 Å². The van der Waals surface area contributed by atoms with Gasteiger partial charge in [0, 0.05) is 11.0 Å². The molecule has 0 radical (unpaired) electrons. The van der Waals surface area contributed by atoms with Crippen LogP contribution in [0.5, 0.6) is 0 Å². The van der Waals surface area contributed by atoms with E-state index in [0.29, 0.717) is 12.1 Å². The molecule has 0 aliphatic carbocycles. The van der Waals surface area contributed by atoms with E-state index >= 15 is 0 Å². The van der Waals surface area contributed by atoms with Gasteiger partial charge in [-0.2, -0.15) is 5.10 Å². The summed E-state index contributed by atoms with van der Waals surface area (Å²) < 4.78 is 33.3. The Labute approximate surface area is 149 Å². The Morgan fingerprint density at radius 2 is 1.96 bits per heavy atom. The van der Waals surface area contributed by atoms with Crippen LogP contribution in [-0.4, -0.2) is 31.2 Å². The third kappa shape index (κ3) is 4.22. The number of aromatic amines is 1. The lowest BCUT2D eigenvalue weighted by Gasteiger charge is -2.07. The molecule has 1 aromatic carbocycles. The van der Waals surface area contributed by atoms with Gasteiger partial charge in [-0.05, 0) is 31.0 Å². The molecule has 0 aliphatic heterocycles. The number of H-pyrrole nitrogens is 1. The molecule has 0 amide bonds. The van der Waals surface area contributed by atoms with Crippen molar-refractivity contribution in [1.82, 2.24) is 14.9 Å². The molecule has 0 saturated heterocycles. The fourth-order valence-electron chi connectivity index (χ4n) is 2.07. The van der Waals surface area contributed by atoms with Crippen molar-refractivity contribution in [2.75, 3.05) is 6.61 Å². The molecule has 0 bridgehead atoms. The number of rotatable bonds is 7. The van der Waals surface area contributed by atoms with E-state index in [0.717, 1.165) is 10.0 Å². The monoisotopic (exact) mass is 415 g/mol. The van der Waals surface area contributed by atoms with Crippen molar-refractivity contribution < 1.29 is 17.9 Å². The van der Waals surface area contributed by atoms with Crippen LogP contribution in [0.4, 0.5) is 0 Å². The van der Waals surface area contributed by atoms with Crippen molar-refractivity contribution in [3.05, 3.63) is 45.6 Å². The van der Waals surface area contributed by atoms with Crippen LogP contribution < -0.4 is 4.72 Å². The number of halogens is 1. The molecule has 0 fully saturated rings. The molecule has 2 aromatic rings. The molecule has 0 aliphatic rings. The minimum Gasteiger partial charge on any atom is -0.462 e. The van der Waals surface area contributed by atoms with Crippen LogP contribution in [-0.2, 0) is 27.7 Å². The molecular weight excluding hydrogens is 398 g/mol. The fourth-order valence-corrected chi connectivity index (χ4v) is 3.47. The number of nitrogens with one attached hydrogen (secondary N) is 2. The third-order valence-corrected chi connectivity index (χ3v) is 5.13. The minimum absolute atomic E-state index is 0.0392. The molecule has 9 heteroatoms. The average molecular weight is 416 g/mol. The Bertz CT molecular complexity index is 816. The van der Waals surface area contributed by atoms with Gasteiger partial charge in [-0.3, -0.25) is 5.10 Å². The largest absolute Gasteiger partial charge is 0.462 e. The Balaban J connectivity index is 2.27. The van der Waals surface area contributed by atoms with Gasteiger partial charge in [0.05, 0.1) is 12.3 Å². The van der Waals surface area contributed by atoms with Crippen LogP contribution in [0, 0.1) is 0 Å². The molecule has 1 aromatic heterocycles. The maximum Gasteiger partial charge on any atom is 0.343 e. The number of sulfonamides is 1. The van der Waals surface area contributed by atoms with Gasteiger partial charge in [-0.1, -0.05) is 35.0 Å². The molecule has 1 heterocycles. The van der Waals surface area contributed by atoms with Gasteiger partial charge in [-0.15, -0.1) is 0 Å². The Hall–Kier alpha value is -1.71. The second-order valence-corrected chi connectivity index (χ2v) is 7.51. The van der Waals surface area contributed by atoms with Crippen molar-refractivity contribution in [2.45, 2.75) is 31.8 Å². The second-order valence-electron chi connectivity index (χ2n) is 4.91. The molecule has 2 N–H and O–H groups in total. The van der Waals surface area contributed by atoms with Crippen LogP contribution in [0.3, 0.4) is 0 Å². The number of carbonyl (C=O) groups is 1. The summed E-state index contributed by atoms with van der Waals surface area (Å²) in [6.07, 6.45) is 0.434. The standard InChI is InChI=1S/C15H18BrN3O4S/c1-3-12-13(15(20)23-4-2)14(19-18-12)24(21,22)17-9-10-5-7-11(16)8-6-10/h5-8,17H,3-4,9H2,1-2H3,(H,18,19). The van der Waals surface area contributed by atoms with Gasteiger partial charge in [0.1, 0.15) is 5.56 Å². The Morgan fingerprint density at radius 1 is 1.29 bits per heavy atom. The van der Waals surface area contributed by atoms with E-state index in [-0.39, 0.29) is 23.7 Å². The minimum atomic E-state index is -3.96.